The maximum atomic E-state index is 12.6. The molecule has 4 rings (SSSR count). The van der Waals surface area contributed by atoms with Crippen LogP contribution in [0.4, 0.5) is 0 Å². The average Bonchev–Trinajstić information content (AvgIpc) is 3.38. The highest BCUT2D eigenvalue weighted by molar-refractivity contribution is 7.89. The molecule has 0 spiro atoms. The van der Waals surface area contributed by atoms with Crippen LogP contribution in [0.25, 0.3) is 0 Å². The molecule has 160 valence electrons. The van der Waals surface area contributed by atoms with Crippen molar-refractivity contribution in [1.29, 1.82) is 0 Å². The number of carbonyl (C=O) groups is 1. The minimum atomic E-state index is -3.73. The summed E-state index contributed by atoms with van der Waals surface area (Å²) in [6.07, 6.45) is 4.20. The summed E-state index contributed by atoms with van der Waals surface area (Å²) in [5.41, 5.74) is 2.52. The second-order valence-electron chi connectivity index (χ2n) is 8.02. The molecule has 1 heterocycles. The van der Waals surface area contributed by atoms with E-state index in [4.69, 9.17) is 11.6 Å². The first-order valence-electron chi connectivity index (χ1n) is 10.3. The summed E-state index contributed by atoms with van der Waals surface area (Å²) in [5, 5.41) is 2.96. The predicted molar refractivity (Wildman–Crippen MR) is 117 cm³/mol. The molecule has 2 fully saturated rings. The maximum Gasteiger partial charge on any atom is 0.251 e. The van der Waals surface area contributed by atoms with Gasteiger partial charge < -0.3 is 5.32 Å². The number of halogens is 1. The van der Waals surface area contributed by atoms with Crippen molar-refractivity contribution < 1.29 is 13.2 Å². The van der Waals surface area contributed by atoms with Gasteiger partial charge in [-0.15, -0.1) is 0 Å². The highest BCUT2D eigenvalue weighted by Gasteiger charge is 2.29. The van der Waals surface area contributed by atoms with Crippen LogP contribution in [-0.4, -0.2) is 38.4 Å². The number of carbonyl (C=O) groups excluding carboxylic acids is 1. The van der Waals surface area contributed by atoms with E-state index in [2.05, 4.69) is 27.1 Å². The van der Waals surface area contributed by atoms with Crippen LogP contribution in [0.2, 0.25) is 5.02 Å². The molecule has 1 amide bonds. The van der Waals surface area contributed by atoms with Crippen LogP contribution in [0.3, 0.4) is 0 Å². The van der Waals surface area contributed by atoms with Crippen molar-refractivity contribution in [3.8, 4) is 0 Å². The Balaban J connectivity index is 1.37. The summed E-state index contributed by atoms with van der Waals surface area (Å²) >= 11 is 6.08. The zero-order valence-electron chi connectivity index (χ0n) is 16.7. The van der Waals surface area contributed by atoms with Crippen molar-refractivity contribution in [1.82, 2.24) is 14.9 Å². The van der Waals surface area contributed by atoms with Crippen LogP contribution in [-0.2, 0) is 23.1 Å². The van der Waals surface area contributed by atoms with E-state index in [1.807, 2.05) is 12.1 Å². The van der Waals surface area contributed by atoms with E-state index in [0.29, 0.717) is 6.54 Å². The van der Waals surface area contributed by atoms with Gasteiger partial charge in [0, 0.05) is 24.7 Å². The van der Waals surface area contributed by atoms with Gasteiger partial charge in [0.05, 0.1) is 5.02 Å². The first-order chi connectivity index (χ1) is 14.4. The Bertz CT molecular complexity index is 1010. The number of hydrogen-bond donors (Lipinski definition) is 2. The fraction of sp³-hybridized carbons (Fsp3) is 0.409. The minimum Gasteiger partial charge on any atom is -0.348 e. The normalized spacial score (nSPS) is 17.2. The van der Waals surface area contributed by atoms with Crippen LogP contribution < -0.4 is 10.0 Å². The van der Waals surface area contributed by atoms with E-state index in [1.165, 1.54) is 36.6 Å². The van der Waals surface area contributed by atoms with Crippen molar-refractivity contribution in [2.24, 2.45) is 0 Å². The van der Waals surface area contributed by atoms with Crippen LogP contribution in [0.5, 0.6) is 0 Å². The quantitative estimate of drug-likeness (QED) is 0.650. The van der Waals surface area contributed by atoms with E-state index >= 15 is 0 Å². The summed E-state index contributed by atoms with van der Waals surface area (Å²) in [5.74, 6) is -0.337. The molecule has 1 aliphatic carbocycles. The van der Waals surface area contributed by atoms with Gasteiger partial charge in [-0.2, -0.15) is 0 Å². The van der Waals surface area contributed by atoms with E-state index in [9.17, 15) is 13.2 Å². The Morgan fingerprint density at radius 3 is 2.37 bits per heavy atom. The number of nitrogens with zero attached hydrogens (tertiary/aromatic N) is 1. The van der Waals surface area contributed by atoms with Crippen LogP contribution in [0.1, 0.15) is 47.2 Å². The average molecular weight is 448 g/mol. The molecule has 0 bridgehead atoms. The number of benzene rings is 2. The van der Waals surface area contributed by atoms with Gasteiger partial charge in [-0.05, 0) is 68.1 Å². The third-order valence-corrected chi connectivity index (χ3v) is 7.47. The highest BCUT2D eigenvalue weighted by atomic mass is 35.5. The van der Waals surface area contributed by atoms with Gasteiger partial charge in [0.1, 0.15) is 4.90 Å². The van der Waals surface area contributed by atoms with Crippen LogP contribution >= 0.6 is 11.6 Å². The molecular weight excluding hydrogens is 422 g/mol. The SMILES string of the molecule is O=C(NCc1ccc(CN2CCCC2)cc1)c1ccc(Cl)c(S(=O)(=O)NC2CC2)c1. The van der Waals surface area contributed by atoms with Gasteiger partial charge in [-0.3, -0.25) is 9.69 Å². The number of sulfonamides is 1. The fourth-order valence-corrected chi connectivity index (χ4v) is 5.41. The summed E-state index contributed by atoms with van der Waals surface area (Å²) in [7, 11) is -3.73. The van der Waals surface area contributed by atoms with Gasteiger partial charge >= 0.3 is 0 Å². The van der Waals surface area contributed by atoms with E-state index < -0.39 is 10.0 Å². The third kappa shape index (κ3) is 5.40. The number of amides is 1. The van der Waals surface area contributed by atoms with E-state index in [1.54, 1.807) is 0 Å². The number of rotatable bonds is 8. The van der Waals surface area contributed by atoms with Crippen LogP contribution in [0.15, 0.2) is 47.4 Å². The second-order valence-corrected chi connectivity index (χ2v) is 10.1. The number of hydrogen-bond acceptors (Lipinski definition) is 4. The van der Waals surface area contributed by atoms with Gasteiger partial charge in [-0.25, -0.2) is 13.1 Å². The maximum absolute atomic E-state index is 12.6. The Morgan fingerprint density at radius 2 is 1.70 bits per heavy atom. The molecule has 6 nitrogen and oxygen atoms in total. The number of nitrogens with one attached hydrogen (secondary N) is 2. The third-order valence-electron chi connectivity index (χ3n) is 5.46. The smallest absolute Gasteiger partial charge is 0.251 e. The highest BCUT2D eigenvalue weighted by Crippen LogP contribution is 2.27. The predicted octanol–water partition coefficient (Wildman–Crippen LogP) is 3.31. The van der Waals surface area contributed by atoms with Crippen molar-refractivity contribution in [2.75, 3.05) is 13.1 Å². The molecule has 0 aromatic heterocycles. The Kier molecular flexibility index (Phi) is 6.43. The molecule has 2 N–H and O–H groups in total. The van der Waals surface area contributed by atoms with Crippen LogP contribution in [0, 0.1) is 0 Å². The molecule has 2 aromatic rings. The Morgan fingerprint density at radius 1 is 1.03 bits per heavy atom. The largest absolute Gasteiger partial charge is 0.348 e. The summed E-state index contributed by atoms with van der Waals surface area (Å²) < 4.78 is 27.6. The summed E-state index contributed by atoms with van der Waals surface area (Å²) in [6, 6.07) is 12.5. The van der Waals surface area contributed by atoms with Crippen molar-refractivity contribution in [2.45, 2.75) is 49.7 Å². The molecule has 8 heteroatoms. The Labute approximate surface area is 182 Å². The van der Waals surface area contributed by atoms with Gasteiger partial charge in [0.15, 0.2) is 0 Å². The molecule has 30 heavy (non-hydrogen) atoms. The molecule has 1 saturated heterocycles. The lowest BCUT2D eigenvalue weighted by Gasteiger charge is -2.14. The van der Waals surface area contributed by atoms with Crippen molar-refractivity contribution >= 4 is 27.5 Å². The van der Waals surface area contributed by atoms with Gasteiger partial charge in [0.25, 0.3) is 5.91 Å². The summed E-state index contributed by atoms with van der Waals surface area (Å²) in [4.78, 5) is 14.9. The molecule has 2 aromatic carbocycles. The van der Waals surface area contributed by atoms with Gasteiger partial charge in [-0.1, -0.05) is 35.9 Å². The number of likely N-dealkylation sites (tertiary alicyclic amines) is 1. The van der Waals surface area contributed by atoms with Crippen molar-refractivity contribution in [3.63, 3.8) is 0 Å². The molecule has 0 radical (unpaired) electrons. The monoisotopic (exact) mass is 447 g/mol. The summed E-state index contributed by atoms with van der Waals surface area (Å²) in [6.45, 7) is 3.65. The molecule has 1 aliphatic heterocycles. The van der Waals surface area contributed by atoms with Gasteiger partial charge in [0.2, 0.25) is 10.0 Å². The fourth-order valence-electron chi connectivity index (χ4n) is 3.58. The molecule has 0 atom stereocenters. The topological polar surface area (TPSA) is 78.5 Å². The lowest BCUT2D eigenvalue weighted by atomic mass is 10.1. The zero-order chi connectivity index (χ0) is 21.1. The molecular formula is C22H26ClN3O3S. The first kappa shape index (κ1) is 21.3. The van der Waals surface area contributed by atoms with E-state index in [0.717, 1.165) is 38.0 Å². The van der Waals surface area contributed by atoms with Crippen molar-refractivity contribution in [3.05, 3.63) is 64.2 Å². The standard InChI is InChI=1S/C22H26ClN3O3S/c23-20-10-7-18(13-21(20)30(28,29)25-19-8-9-19)22(27)24-14-16-3-5-17(6-4-16)15-26-11-1-2-12-26/h3-7,10,13,19,25H,1-2,8-9,11-12,14-15H2,(H,24,27). The minimum absolute atomic E-state index is 0.0306. The molecule has 2 aliphatic rings. The first-order valence-corrected chi connectivity index (χ1v) is 12.2. The second kappa shape index (κ2) is 9.06. The lowest BCUT2D eigenvalue weighted by Crippen LogP contribution is -2.27. The molecule has 0 unspecified atom stereocenters. The Hall–Kier alpha value is -1.93. The zero-order valence-corrected chi connectivity index (χ0v) is 18.3. The molecule has 1 saturated carbocycles. The lowest BCUT2D eigenvalue weighted by molar-refractivity contribution is 0.0950. The van der Waals surface area contributed by atoms with E-state index in [-0.39, 0.29) is 27.4 Å².